The first-order chi connectivity index (χ1) is 4.25. The molecule has 9 heavy (non-hydrogen) atoms. The second kappa shape index (κ2) is 2.21. The molecule has 1 aliphatic carbocycles. The first kappa shape index (κ1) is 6.33. The van der Waals surface area contributed by atoms with E-state index in [1.165, 1.54) is 0 Å². The summed E-state index contributed by atoms with van der Waals surface area (Å²) in [4.78, 5) is 10.2. The molecular formula is C7H10O2. The predicted octanol–water partition coefficient (Wildman–Crippen LogP) is 1.28. The molecule has 0 bridgehead atoms. The Morgan fingerprint density at radius 2 is 2.44 bits per heavy atom. The van der Waals surface area contributed by atoms with Crippen molar-refractivity contribution in [3.8, 4) is 0 Å². The Kier molecular flexibility index (Phi) is 1.56. The van der Waals surface area contributed by atoms with Crippen LogP contribution in [0.5, 0.6) is 0 Å². The monoisotopic (exact) mass is 126 g/mol. The van der Waals surface area contributed by atoms with Gasteiger partial charge in [-0.3, -0.25) is 4.79 Å². The van der Waals surface area contributed by atoms with Gasteiger partial charge in [-0.15, -0.1) is 0 Å². The zero-order valence-electron chi connectivity index (χ0n) is 5.37. The van der Waals surface area contributed by atoms with E-state index in [-0.39, 0.29) is 5.92 Å². The van der Waals surface area contributed by atoms with Crippen molar-refractivity contribution in [1.82, 2.24) is 0 Å². The Hall–Kier alpha value is -0.790. The van der Waals surface area contributed by atoms with Crippen LogP contribution in [-0.2, 0) is 4.79 Å². The molecule has 1 fully saturated rings. The number of carbonyl (C=O) groups is 1. The largest absolute Gasteiger partial charge is 0.481 e. The maximum absolute atomic E-state index is 10.2. The Bertz CT molecular complexity index is 149. The third kappa shape index (κ3) is 1.31. The van der Waals surface area contributed by atoms with Crippen molar-refractivity contribution in [3.05, 3.63) is 12.2 Å². The van der Waals surface area contributed by atoms with Gasteiger partial charge in [0.05, 0.1) is 5.92 Å². The van der Waals surface area contributed by atoms with E-state index in [0.29, 0.717) is 5.92 Å². The quantitative estimate of drug-likeness (QED) is 0.566. The molecule has 0 amide bonds. The third-order valence-electron chi connectivity index (χ3n) is 1.60. The average Bonchev–Trinajstić information content (AvgIpc) is 2.47. The van der Waals surface area contributed by atoms with Crippen molar-refractivity contribution in [1.29, 1.82) is 0 Å². The fourth-order valence-corrected chi connectivity index (χ4v) is 0.958. The zero-order valence-corrected chi connectivity index (χ0v) is 5.37. The van der Waals surface area contributed by atoms with Crippen molar-refractivity contribution in [2.45, 2.75) is 13.3 Å². The molecule has 0 aromatic rings. The highest BCUT2D eigenvalue weighted by Crippen LogP contribution is 2.39. The fourth-order valence-electron chi connectivity index (χ4n) is 0.958. The zero-order chi connectivity index (χ0) is 6.85. The van der Waals surface area contributed by atoms with Gasteiger partial charge in [-0.1, -0.05) is 12.2 Å². The number of carboxylic acid groups (broad SMARTS) is 1. The van der Waals surface area contributed by atoms with Gasteiger partial charge in [0.25, 0.3) is 0 Å². The fraction of sp³-hybridized carbons (Fsp3) is 0.571. The van der Waals surface area contributed by atoms with Gasteiger partial charge in [0, 0.05) is 0 Å². The average molecular weight is 126 g/mol. The van der Waals surface area contributed by atoms with E-state index >= 15 is 0 Å². The van der Waals surface area contributed by atoms with Crippen molar-refractivity contribution in [2.75, 3.05) is 0 Å². The van der Waals surface area contributed by atoms with Gasteiger partial charge in [-0.2, -0.15) is 0 Å². The minimum absolute atomic E-state index is 0.0822. The lowest BCUT2D eigenvalue weighted by Gasteiger charge is -1.82. The molecule has 0 spiro atoms. The lowest BCUT2D eigenvalue weighted by atomic mass is 10.3. The van der Waals surface area contributed by atoms with E-state index in [2.05, 4.69) is 0 Å². The topological polar surface area (TPSA) is 37.3 Å². The lowest BCUT2D eigenvalue weighted by Crippen LogP contribution is -1.97. The normalized spacial score (nSPS) is 33.0. The summed E-state index contributed by atoms with van der Waals surface area (Å²) < 4.78 is 0. The molecule has 0 radical (unpaired) electrons. The number of hydrogen-bond acceptors (Lipinski definition) is 1. The third-order valence-corrected chi connectivity index (χ3v) is 1.60. The Morgan fingerprint density at radius 1 is 1.78 bits per heavy atom. The molecule has 2 heteroatoms. The van der Waals surface area contributed by atoms with Crippen LogP contribution >= 0.6 is 0 Å². The van der Waals surface area contributed by atoms with Gasteiger partial charge in [-0.05, 0) is 19.3 Å². The van der Waals surface area contributed by atoms with Crippen molar-refractivity contribution in [3.63, 3.8) is 0 Å². The minimum atomic E-state index is -0.655. The summed E-state index contributed by atoms with van der Waals surface area (Å²) in [7, 11) is 0. The van der Waals surface area contributed by atoms with E-state index in [9.17, 15) is 4.79 Å². The number of allylic oxidation sites excluding steroid dienone is 2. The maximum Gasteiger partial charge on any atom is 0.307 e. The Balaban J connectivity index is 2.33. The molecule has 1 saturated carbocycles. The molecular weight excluding hydrogens is 116 g/mol. The van der Waals surface area contributed by atoms with Crippen molar-refractivity contribution >= 4 is 5.97 Å². The van der Waals surface area contributed by atoms with Crippen LogP contribution in [0, 0.1) is 11.8 Å². The summed E-state index contributed by atoms with van der Waals surface area (Å²) in [5, 5.41) is 8.42. The van der Waals surface area contributed by atoms with E-state index in [1.54, 1.807) is 0 Å². The lowest BCUT2D eigenvalue weighted by molar-refractivity contribution is -0.138. The molecule has 0 aliphatic heterocycles. The summed E-state index contributed by atoms with van der Waals surface area (Å²) in [5.41, 5.74) is 0. The van der Waals surface area contributed by atoms with Crippen LogP contribution in [0.2, 0.25) is 0 Å². The van der Waals surface area contributed by atoms with E-state index in [0.717, 1.165) is 6.42 Å². The standard InChI is InChI=1S/C7H10O2/c1-2-3-5-4-6(5)7(8)9/h2-3,5-6H,4H2,1H3,(H,8,9)/b3-2+/t5-,6-/m0/s1. The molecule has 0 aromatic heterocycles. The highest BCUT2D eigenvalue weighted by atomic mass is 16.4. The molecule has 1 N–H and O–H groups in total. The number of rotatable bonds is 2. The number of aliphatic carboxylic acids is 1. The molecule has 50 valence electrons. The van der Waals surface area contributed by atoms with Gasteiger partial charge < -0.3 is 5.11 Å². The molecule has 0 saturated heterocycles. The second-order valence-electron chi connectivity index (χ2n) is 2.37. The highest BCUT2D eigenvalue weighted by molar-refractivity contribution is 5.73. The molecule has 2 nitrogen and oxygen atoms in total. The first-order valence-electron chi connectivity index (χ1n) is 3.11. The molecule has 0 unspecified atom stereocenters. The summed E-state index contributed by atoms with van der Waals surface area (Å²) >= 11 is 0. The van der Waals surface area contributed by atoms with E-state index in [1.807, 2.05) is 19.1 Å². The summed E-state index contributed by atoms with van der Waals surface area (Å²) in [6.45, 7) is 1.91. The first-order valence-corrected chi connectivity index (χ1v) is 3.11. The van der Waals surface area contributed by atoms with Gasteiger partial charge in [0.2, 0.25) is 0 Å². The van der Waals surface area contributed by atoms with Crippen LogP contribution < -0.4 is 0 Å². The SMILES string of the molecule is C/C=C/[C@H]1C[C@@H]1C(=O)O. The Labute approximate surface area is 54.2 Å². The van der Waals surface area contributed by atoms with Crippen LogP contribution in [0.4, 0.5) is 0 Å². The van der Waals surface area contributed by atoms with Crippen LogP contribution in [0.25, 0.3) is 0 Å². The van der Waals surface area contributed by atoms with Crippen LogP contribution in [0.15, 0.2) is 12.2 Å². The minimum Gasteiger partial charge on any atom is -0.481 e. The summed E-state index contributed by atoms with van der Waals surface area (Å²) in [6.07, 6.45) is 4.70. The van der Waals surface area contributed by atoms with Crippen molar-refractivity contribution in [2.24, 2.45) is 11.8 Å². The second-order valence-corrected chi connectivity index (χ2v) is 2.37. The molecule has 0 aromatic carbocycles. The van der Waals surface area contributed by atoms with Gasteiger partial charge in [-0.25, -0.2) is 0 Å². The molecule has 0 heterocycles. The highest BCUT2D eigenvalue weighted by Gasteiger charge is 2.40. The predicted molar refractivity (Wildman–Crippen MR) is 34.0 cm³/mol. The van der Waals surface area contributed by atoms with Gasteiger partial charge in [0.1, 0.15) is 0 Å². The summed E-state index contributed by atoms with van der Waals surface area (Å²) in [5.74, 6) is -0.410. The van der Waals surface area contributed by atoms with E-state index < -0.39 is 5.97 Å². The Morgan fingerprint density at radius 3 is 2.78 bits per heavy atom. The van der Waals surface area contributed by atoms with Crippen LogP contribution in [-0.4, -0.2) is 11.1 Å². The number of carboxylic acids is 1. The molecule has 1 rings (SSSR count). The maximum atomic E-state index is 10.2. The van der Waals surface area contributed by atoms with Crippen molar-refractivity contribution < 1.29 is 9.90 Å². The summed E-state index contributed by atoms with van der Waals surface area (Å²) in [6, 6.07) is 0. The van der Waals surface area contributed by atoms with Crippen LogP contribution in [0.1, 0.15) is 13.3 Å². The number of hydrogen-bond donors (Lipinski definition) is 1. The van der Waals surface area contributed by atoms with E-state index in [4.69, 9.17) is 5.11 Å². The van der Waals surface area contributed by atoms with Gasteiger partial charge in [0.15, 0.2) is 0 Å². The molecule has 2 atom stereocenters. The van der Waals surface area contributed by atoms with Gasteiger partial charge >= 0.3 is 5.97 Å². The smallest absolute Gasteiger partial charge is 0.307 e. The molecule has 1 aliphatic rings. The van der Waals surface area contributed by atoms with Crippen LogP contribution in [0.3, 0.4) is 0 Å².